The highest BCUT2D eigenvalue weighted by Crippen LogP contribution is 2.07. The van der Waals surface area contributed by atoms with Crippen LogP contribution in [0.15, 0.2) is 60.7 Å². The van der Waals surface area contributed by atoms with Crippen molar-refractivity contribution in [2.45, 2.75) is 6.54 Å². The van der Waals surface area contributed by atoms with Gasteiger partial charge in [-0.25, -0.2) is 0 Å². The maximum absolute atomic E-state index is 5.80. The lowest BCUT2D eigenvalue weighted by molar-refractivity contribution is -0.903. The lowest BCUT2D eigenvalue weighted by atomic mass is 10.2. The van der Waals surface area contributed by atoms with Crippen LogP contribution in [-0.4, -0.2) is 49.3 Å². The van der Waals surface area contributed by atoms with Crippen LogP contribution in [0.3, 0.4) is 0 Å². The Bertz CT molecular complexity index is 643. The number of benzene rings is 2. The molecule has 0 aliphatic carbocycles. The van der Waals surface area contributed by atoms with Gasteiger partial charge >= 0.3 is 0 Å². The van der Waals surface area contributed by atoms with Gasteiger partial charge in [0, 0.05) is 6.54 Å². The highest BCUT2D eigenvalue weighted by atomic mass is 32.1. The first-order valence-electron chi connectivity index (χ1n) is 8.89. The monoisotopic (exact) mass is 356 g/mol. The molecule has 1 saturated heterocycles. The normalized spacial score (nSPS) is 15.0. The molecule has 0 bridgehead atoms. The summed E-state index contributed by atoms with van der Waals surface area (Å²) in [7, 11) is 0. The van der Waals surface area contributed by atoms with E-state index >= 15 is 0 Å². The number of quaternary nitrogens is 1. The van der Waals surface area contributed by atoms with Crippen LogP contribution in [-0.2, 0) is 6.54 Å². The van der Waals surface area contributed by atoms with E-state index < -0.39 is 0 Å². The van der Waals surface area contributed by atoms with Crippen LogP contribution < -0.4 is 15.0 Å². The maximum Gasteiger partial charge on any atom is 0.169 e. The summed E-state index contributed by atoms with van der Waals surface area (Å²) in [6, 6.07) is 20.4. The van der Waals surface area contributed by atoms with E-state index in [0.29, 0.717) is 0 Å². The van der Waals surface area contributed by atoms with Gasteiger partial charge in [-0.3, -0.25) is 0 Å². The standard InChI is InChI=1S/C20H25N3OS/c25-20(21-17-18-7-3-1-4-8-18)23-13-11-22(12-14-23)15-16-24-19-9-5-2-6-10-19/h1-10H,11-17H2,(H,21,25)/p+1. The van der Waals surface area contributed by atoms with Gasteiger partial charge in [0.05, 0.1) is 26.2 Å². The molecule has 0 spiro atoms. The Morgan fingerprint density at radius 3 is 2.32 bits per heavy atom. The van der Waals surface area contributed by atoms with E-state index in [2.05, 4.69) is 34.5 Å². The van der Waals surface area contributed by atoms with Crippen molar-refractivity contribution in [3.63, 3.8) is 0 Å². The first-order chi connectivity index (χ1) is 12.3. The molecular weight excluding hydrogens is 330 g/mol. The van der Waals surface area contributed by atoms with Crippen LogP contribution in [0.2, 0.25) is 0 Å². The van der Waals surface area contributed by atoms with E-state index in [0.717, 1.165) is 56.7 Å². The van der Waals surface area contributed by atoms with Gasteiger partial charge in [-0.15, -0.1) is 0 Å². The van der Waals surface area contributed by atoms with Crippen LogP contribution >= 0.6 is 12.2 Å². The van der Waals surface area contributed by atoms with E-state index in [9.17, 15) is 0 Å². The Morgan fingerprint density at radius 2 is 1.64 bits per heavy atom. The van der Waals surface area contributed by atoms with Gasteiger partial charge in [0.2, 0.25) is 0 Å². The zero-order chi connectivity index (χ0) is 17.3. The predicted octanol–water partition coefficient (Wildman–Crippen LogP) is 1.34. The van der Waals surface area contributed by atoms with Gasteiger partial charge in [0.15, 0.2) is 5.11 Å². The molecule has 1 heterocycles. The molecule has 132 valence electrons. The van der Waals surface area contributed by atoms with Crippen molar-refractivity contribution in [1.29, 1.82) is 0 Å². The summed E-state index contributed by atoms with van der Waals surface area (Å²) in [6.07, 6.45) is 0. The molecule has 3 rings (SSSR count). The van der Waals surface area contributed by atoms with Gasteiger partial charge in [-0.1, -0.05) is 48.5 Å². The van der Waals surface area contributed by atoms with Gasteiger partial charge in [0.1, 0.15) is 18.9 Å². The Labute approximate surface area is 155 Å². The van der Waals surface area contributed by atoms with Crippen molar-refractivity contribution in [2.75, 3.05) is 39.3 Å². The van der Waals surface area contributed by atoms with Crippen LogP contribution in [0, 0.1) is 0 Å². The molecular formula is C20H26N3OS+. The fourth-order valence-electron chi connectivity index (χ4n) is 2.99. The van der Waals surface area contributed by atoms with E-state index in [-0.39, 0.29) is 0 Å². The first-order valence-corrected chi connectivity index (χ1v) is 9.30. The van der Waals surface area contributed by atoms with E-state index in [1.54, 1.807) is 4.90 Å². The number of hydrogen-bond donors (Lipinski definition) is 2. The van der Waals surface area contributed by atoms with Crippen LogP contribution in [0.1, 0.15) is 5.56 Å². The van der Waals surface area contributed by atoms with E-state index in [4.69, 9.17) is 17.0 Å². The molecule has 1 fully saturated rings. The summed E-state index contributed by atoms with van der Waals surface area (Å²) < 4.78 is 5.80. The molecule has 0 saturated carbocycles. The molecule has 0 unspecified atom stereocenters. The highest BCUT2D eigenvalue weighted by molar-refractivity contribution is 7.80. The Kier molecular flexibility index (Phi) is 6.65. The number of ether oxygens (including phenoxy) is 1. The van der Waals surface area contributed by atoms with Gasteiger partial charge in [-0.05, 0) is 29.9 Å². The zero-order valence-electron chi connectivity index (χ0n) is 14.5. The van der Waals surface area contributed by atoms with E-state index in [1.807, 2.05) is 36.4 Å². The van der Waals surface area contributed by atoms with Crippen molar-refractivity contribution < 1.29 is 9.64 Å². The number of hydrogen-bond acceptors (Lipinski definition) is 2. The maximum atomic E-state index is 5.80. The minimum absolute atomic E-state index is 0.760. The fourth-order valence-corrected chi connectivity index (χ4v) is 3.25. The summed E-state index contributed by atoms with van der Waals surface area (Å²) in [5.74, 6) is 0.951. The molecule has 0 radical (unpaired) electrons. The number of rotatable bonds is 6. The minimum Gasteiger partial charge on any atom is -0.488 e. The smallest absolute Gasteiger partial charge is 0.169 e. The summed E-state index contributed by atoms with van der Waals surface area (Å²) >= 11 is 5.54. The third-order valence-electron chi connectivity index (χ3n) is 4.51. The summed E-state index contributed by atoms with van der Waals surface area (Å²) in [5.41, 5.74) is 1.26. The number of thiocarbonyl (C=S) groups is 1. The molecule has 0 atom stereocenters. The molecule has 0 amide bonds. The second kappa shape index (κ2) is 9.39. The Hall–Kier alpha value is -2.11. The lowest BCUT2D eigenvalue weighted by Gasteiger charge is -2.33. The average Bonchev–Trinajstić information content (AvgIpc) is 2.68. The number of piperazine rings is 1. The van der Waals surface area contributed by atoms with Crippen molar-refractivity contribution in [2.24, 2.45) is 0 Å². The zero-order valence-corrected chi connectivity index (χ0v) is 15.3. The van der Waals surface area contributed by atoms with Crippen LogP contribution in [0.4, 0.5) is 0 Å². The van der Waals surface area contributed by atoms with Gasteiger partial charge < -0.3 is 19.9 Å². The fraction of sp³-hybridized carbons (Fsp3) is 0.350. The Morgan fingerprint density at radius 1 is 1.00 bits per heavy atom. The van der Waals surface area contributed by atoms with Crippen molar-refractivity contribution in [1.82, 2.24) is 10.2 Å². The summed E-state index contributed by atoms with van der Waals surface area (Å²) in [4.78, 5) is 3.86. The quantitative estimate of drug-likeness (QED) is 0.765. The molecule has 1 aliphatic rings. The van der Waals surface area contributed by atoms with Gasteiger partial charge in [-0.2, -0.15) is 0 Å². The largest absolute Gasteiger partial charge is 0.488 e. The topological polar surface area (TPSA) is 28.9 Å². The number of nitrogens with zero attached hydrogens (tertiary/aromatic N) is 1. The number of para-hydroxylation sites is 1. The second-order valence-corrected chi connectivity index (χ2v) is 6.68. The molecule has 2 aromatic carbocycles. The first kappa shape index (κ1) is 17.7. The predicted molar refractivity (Wildman–Crippen MR) is 105 cm³/mol. The SMILES string of the molecule is S=C(NCc1ccccc1)N1CC[NH+](CCOc2ccccc2)CC1. The molecule has 2 N–H and O–H groups in total. The molecule has 1 aliphatic heterocycles. The lowest BCUT2D eigenvalue weighted by Crippen LogP contribution is -3.15. The molecule has 4 nitrogen and oxygen atoms in total. The minimum atomic E-state index is 0.760. The van der Waals surface area contributed by atoms with Crippen LogP contribution in [0.5, 0.6) is 5.75 Å². The van der Waals surface area contributed by atoms with E-state index in [1.165, 1.54) is 5.56 Å². The second-order valence-electron chi connectivity index (χ2n) is 6.29. The van der Waals surface area contributed by atoms with Crippen molar-refractivity contribution >= 4 is 17.3 Å². The summed E-state index contributed by atoms with van der Waals surface area (Å²) in [6.45, 7) is 6.79. The number of nitrogens with one attached hydrogen (secondary N) is 2. The Balaban J connectivity index is 1.33. The summed E-state index contributed by atoms with van der Waals surface area (Å²) in [5, 5.41) is 4.24. The van der Waals surface area contributed by atoms with Crippen molar-refractivity contribution in [3.05, 3.63) is 66.2 Å². The van der Waals surface area contributed by atoms with Crippen molar-refractivity contribution in [3.8, 4) is 5.75 Å². The highest BCUT2D eigenvalue weighted by Gasteiger charge is 2.21. The molecule has 0 aromatic heterocycles. The molecule has 2 aromatic rings. The third kappa shape index (κ3) is 5.73. The molecule has 25 heavy (non-hydrogen) atoms. The average molecular weight is 357 g/mol. The van der Waals surface area contributed by atoms with Gasteiger partial charge in [0.25, 0.3) is 0 Å². The van der Waals surface area contributed by atoms with Crippen LogP contribution in [0.25, 0.3) is 0 Å². The molecule has 5 heteroatoms. The third-order valence-corrected chi connectivity index (χ3v) is 4.91.